The van der Waals surface area contributed by atoms with Crippen molar-refractivity contribution in [2.24, 2.45) is 5.92 Å². The van der Waals surface area contributed by atoms with Crippen LogP contribution in [0.25, 0.3) is 10.2 Å². The summed E-state index contributed by atoms with van der Waals surface area (Å²) in [4.78, 5) is 45.3. The molecule has 1 aromatic heterocycles. The quantitative estimate of drug-likeness (QED) is 0.129. The van der Waals surface area contributed by atoms with Gasteiger partial charge in [0.1, 0.15) is 5.60 Å². The molecular weight excluding hydrogens is 528 g/mol. The van der Waals surface area contributed by atoms with Crippen molar-refractivity contribution in [1.82, 2.24) is 20.5 Å². The Morgan fingerprint density at radius 1 is 1.12 bits per heavy atom. The molecule has 212 valence electrons. The summed E-state index contributed by atoms with van der Waals surface area (Å²) in [5, 5.41) is 17.4. The normalized spacial score (nSPS) is 15.9. The van der Waals surface area contributed by atoms with E-state index in [1.54, 1.807) is 20.8 Å². The van der Waals surface area contributed by atoms with Crippen LogP contribution >= 0.6 is 11.3 Å². The zero-order valence-corrected chi connectivity index (χ0v) is 23.8. The SMILES string of the molecule is CC(C)(C)OC(=O)N1CC[C@H](C(=O)N[C@@H](CCCNC(=N)Nc2ccccc2)C(=O)c2nc3ccccc3s2)C1. The number of aromatic nitrogens is 1. The maximum absolute atomic E-state index is 13.5. The van der Waals surface area contributed by atoms with E-state index in [1.165, 1.54) is 16.2 Å². The fourth-order valence-corrected chi connectivity index (χ4v) is 5.34. The maximum atomic E-state index is 13.5. The molecule has 0 radical (unpaired) electrons. The van der Waals surface area contributed by atoms with Gasteiger partial charge in [0.05, 0.1) is 22.2 Å². The van der Waals surface area contributed by atoms with E-state index in [0.29, 0.717) is 37.4 Å². The number of amides is 2. The van der Waals surface area contributed by atoms with Gasteiger partial charge in [-0.15, -0.1) is 11.3 Å². The molecule has 0 spiro atoms. The van der Waals surface area contributed by atoms with Crippen molar-refractivity contribution in [2.75, 3.05) is 25.0 Å². The van der Waals surface area contributed by atoms with Crippen molar-refractivity contribution in [2.45, 2.75) is 51.7 Å². The Labute approximate surface area is 238 Å². The number of ketones is 1. The lowest BCUT2D eigenvalue weighted by atomic mass is 10.0. The number of hydrogen-bond donors (Lipinski definition) is 4. The van der Waals surface area contributed by atoms with E-state index < -0.39 is 23.7 Å². The Morgan fingerprint density at radius 3 is 2.58 bits per heavy atom. The largest absolute Gasteiger partial charge is 0.444 e. The Hall–Kier alpha value is -3.99. The standard InChI is InChI=1S/C29H36N6O4S/c1-29(2,3)39-28(38)35-17-15-19(18-35)25(37)33-22(24(36)26-34-21-12-7-8-14-23(21)40-26)13-9-16-31-27(30)32-20-10-5-4-6-11-20/h4-8,10-12,14,19,22H,9,13,15-18H2,1-3H3,(H,33,37)(H3,30,31,32)/t19-,22-/m0/s1. The number of carbonyl (C=O) groups excluding carboxylic acids is 3. The van der Waals surface area contributed by atoms with E-state index in [0.717, 1.165) is 15.9 Å². The summed E-state index contributed by atoms with van der Waals surface area (Å²) >= 11 is 1.31. The van der Waals surface area contributed by atoms with Gasteiger partial charge >= 0.3 is 6.09 Å². The molecule has 2 amide bonds. The summed E-state index contributed by atoms with van der Waals surface area (Å²) < 4.78 is 6.35. The highest BCUT2D eigenvalue weighted by Gasteiger charge is 2.35. The molecule has 1 aliphatic rings. The third-order valence-corrected chi connectivity index (χ3v) is 7.41. The number of guanidine groups is 1. The number of carbonyl (C=O) groups is 3. The third-order valence-electron chi connectivity index (χ3n) is 6.36. The second-order valence-electron chi connectivity index (χ2n) is 10.8. The first-order valence-electron chi connectivity index (χ1n) is 13.4. The van der Waals surface area contributed by atoms with Gasteiger partial charge in [0, 0.05) is 25.3 Å². The van der Waals surface area contributed by atoms with Gasteiger partial charge in [-0.1, -0.05) is 30.3 Å². The molecular formula is C29H36N6O4S. The smallest absolute Gasteiger partial charge is 0.410 e. The molecule has 0 aliphatic carbocycles. The number of likely N-dealkylation sites (tertiary alicyclic amines) is 1. The molecule has 0 saturated carbocycles. The number of hydrogen-bond acceptors (Lipinski definition) is 7. The number of thiazole rings is 1. The minimum Gasteiger partial charge on any atom is -0.444 e. The fraction of sp³-hybridized carbons (Fsp3) is 0.414. The van der Waals surface area contributed by atoms with Crippen molar-refractivity contribution < 1.29 is 19.1 Å². The maximum Gasteiger partial charge on any atom is 0.410 e. The molecule has 40 heavy (non-hydrogen) atoms. The zero-order valence-electron chi connectivity index (χ0n) is 23.0. The number of benzene rings is 2. The molecule has 11 heteroatoms. The highest BCUT2D eigenvalue weighted by Crippen LogP contribution is 2.24. The number of rotatable bonds is 9. The molecule has 1 aliphatic heterocycles. The Kier molecular flexibility index (Phi) is 9.36. The first-order valence-corrected chi connectivity index (χ1v) is 14.2. The highest BCUT2D eigenvalue weighted by atomic mass is 32.1. The minimum absolute atomic E-state index is 0.150. The summed E-state index contributed by atoms with van der Waals surface area (Å²) in [7, 11) is 0. The number of para-hydroxylation sites is 2. The molecule has 0 bridgehead atoms. The number of anilines is 1. The second-order valence-corrected chi connectivity index (χ2v) is 11.8. The van der Waals surface area contributed by atoms with E-state index in [2.05, 4.69) is 20.9 Å². The van der Waals surface area contributed by atoms with Gasteiger partial charge in [-0.25, -0.2) is 9.78 Å². The topological polar surface area (TPSA) is 137 Å². The molecule has 0 unspecified atom stereocenters. The summed E-state index contributed by atoms with van der Waals surface area (Å²) in [6.45, 7) is 6.51. The van der Waals surface area contributed by atoms with E-state index in [-0.39, 0.29) is 24.2 Å². The van der Waals surface area contributed by atoms with Crippen molar-refractivity contribution in [3.05, 3.63) is 59.6 Å². The lowest BCUT2D eigenvalue weighted by molar-refractivity contribution is -0.125. The van der Waals surface area contributed by atoms with Crippen LogP contribution in [0.15, 0.2) is 54.6 Å². The molecule has 3 aromatic rings. The fourth-order valence-electron chi connectivity index (χ4n) is 4.38. The molecule has 4 rings (SSSR count). The third kappa shape index (κ3) is 8.01. The first kappa shape index (κ1) is 29.0. The summed E-state index contributed by atoms with van der Waals surface area (Å²) in [5.41, 5.74) is 0.924. The Balaban J connectivity index is 1.37. The number of fused-ring (bicyclic) bond motifs is 1. The van der Waals surface area contributed by atoms with Crippen LogP contribution in [0.2, 0.25) is 0 Å². The molecule has 2 heterocycles. The Morgan fingerprint density at radius 2 is 1.85 bits per heavy atom. The van der Waals surface area contributed by atoms with Crippen LogP contribution in [-0.4, -0.2) is 64.9 Å². The van der Waals surface area contributed by atoms with Crippen LogP contribution in [0.5, 0.6) is 0 Å². The predicted molar refractivity (Wildman–Crippen MR) is 157 cm³/mol. The van der Waals surface area contributed by atoms with Crippen LogP contribution < -0.4 is 16.0 Å². The first-order chi connectivity index (χ1) is 19.1. The number of ether oxygens (including phenoxy) is 1. The lowest BCUT2D eigenvalue weighted by Gasteiger charge is -2.24. The molecule has 4 N–H and O–H groups in total. The van der Waals surface area contributed by atoms with Crippen molar-refractivity contribution in [1.29, 1.82) is 5.41 Å². The van der Waals surface area contributed by atoms with Crippen molar-refractivity contribution in [3.63, 3.8) is 0 Å². The van der Waals surface area contributed by atoms with Gasteiger partial charge in [0.25, 0.3) is 0 Å². The van der Waals surface area contributed by atoms with Gasteiger partial charge in [-0.2, -0.15) is 0 Å². The Bertz CT molecular complexity index is 1320. The minimum atomic E-state index is -0.776. The number of nitrogens with zero attached hydrogens (tertiary/aromatic N) is 2. The lowest BCUT2D eigenvalue weighted by Crippen LogP contribution is -2.45. The average molecular weight is 565 g/mol. The van der Waals surface area contributed by atoms with Crippen LogP contribution in [0.4, 0.5) is 10.5 Å². The monoisotopic (exact) mass is 564 g/mol. The number of Topliss-reactive ketones (excluding diaryl/α,β-unsaturated/α-hetero) is 1. The highest BCUT2D eigenvalue weighted by molar-refractivity contribution is 7.20. The van der Waals surface area contributed by atoms with Gasteiger partial charge in [-0.3, -0.25) is 15.0 Å². The second kappa shape index (κ2) is 12.9. The molecule has 1 saturated heterocycles. The van der Waals surface area contributed by atoms with Gasteiger partial charge in [-0.05, 0) is 64.3 Å². The average Bonchev–Trinajstić information content (AvgIpc) is 3.57. The summed E-state index contributed by atoms with van der Waals surface area (Å²) in [6.07, 6.45) is 0.961. The number of nitrogens with one attached hydrogen (secondary N) is 4. The summed E-state index contributed by atoms with van der Waals surface area (Å²) in [6, 6.07) is 16.2. The van der Waals surface area contributed by atoms with Crippen LogP contribution in [0, 0.1) is 11.3 Å². The van der Waals surface area contributed by atoms with E-state index >= 15 is 0 Å². The van der Waals surface area contributed by atoms with Gasteiger partial charge in [0.15, 0.2) is 11.0 Å². The van der Waals surface area contributed by atoms with Gasteiger partial charge in [0.2, 0.25) is 11.7 Å². The molecule has 2 atom stereocenters. The van der Waals surface area contributed by atoms with E-state index in [1.807, 2.05) is 54.6 Å². The van der Waals surface area contributed by atoms with Crippen molar-refractivity contribution in [3.8, 4) is 0 Å². The van der Waals surface area contributed by atoms with E-state index in [9.17, 15) is 14.4 Å². The van der Waals surface area contributed by atoms with Crippen LogP contribution in [-0.2, 0) is 9.53 Å². The van der Waals surface area contributed by atoms with Crippen LogP contribution in [0.3, 0.4) is 0 Å². The van der Waals surface area contributed by atoms with Crippen molar-refractivity contribution >= 4 is 51.0 Å². The molecule has 10 nitrogen and oxygen atoms in total. The molecule has 1 fully saturated rings. The van der Waals surface area contributed by atoms with E-state index in [4.69, 9.17) is 10.1 Å². The summed E-state index contributed by atoms with van der Waals surface area (Å²) in [5.74, 6) is -0.789. The van der Waals surface area contributed by atoms with Gasteiger partial charge < -0.3 is 25.6 Å². The zero-order chi connectivity index (χ0) is 28.7. The van der Waals surface area contributed by atoms with Crippen LogP contribution in [0.1, 0.15) is 49.8 Å². The molecule has 2 aromatic carbocycles. The predicted octanol–water partition coefficient (Wildman–Crippen LogP) is 4.64.